The largest absolute Gasteiger partial charge is 0.394 e. The van der Waals surface area contributed by atoms with E-state index in [1.807, 2.05) is 17.9 Å². The van der Waals surface area contributed by atoms with Gasteiger partial charge in [-0.25, -0.2) is 0 Å². The number of aliphatic hydroxyl groups excluding tert-OH is 1. The van der Waals surface area contributed by atoms with Gasteiger partial charge in [0.25, 0.3) is 0 Å². The van der Waals surface area contributed by atoms with Crippen molar-refractivity contribution < 1.29 is 9.90 Å². The lowest BCUT2D eigenvalue weighted by atomic mass is 10.0. The van der Waals surface area contributed by atoms with E-state index in [-0.39, 0.29) is 18.6 Å². The summed E-state index contributed by atoms with van der Waals surface area (Å²) in [6.45, 7) is 2.20. The predicted molar refractivity (Wildman–Crippen MR) is 67.0 cm³/mol. The number of nitrogens with zero attached hydrogens (tertiary/aromatic N) is 2. The molecule has 94 valence electrons. The Balaban J connectivity index is 2.45. The SMILES string of the molecule is CC1CNC(=O)C(CO)N1c1ccccc1C#N. The fourth-order valence-corrected chi connectivity index (χ4v) is 2.27. The molecular formula is C13H15N3O2. The summed E-state index contributed by atoms with van der Waals surface area (Å²) in [5.41, 5.74) is 1.21. The molecule has 1 heterocycles. The van der Waals surface area contributed by atoms with Crippen LogP contribution in [0.15, 0.2) is 24.3 Å². The summed E-state index contributed by atoms with van der Waals surface area (Å²) in [5, 5.41) is 21.3. The maximum atomic E-state index is 11.8. The molecule has 5 heteroatoms. The summed E-state index contributed by atoms with van der Waals surface area (Å²) >= 11 is 0. The number of nitriles is 1. The molecular weight excluding hydrogens is 230 g/mol. The van der Waals surface area contributed by atoms with Crippen LogP contribution in [0.25, 0.3) is 0 Å². The lowest BCUT2D eigenvalue weighted by Gasteiger charge is -2.41. The van der Waals surface area contributed by atoms with Gasteiger partial charge >= 0.3 is 0 Å². The highest BCUT2D eigenvalue weighted by Crippen LogP contribution is 2.25. The Morgan fingerprint density at radius 3 is 2.94 bits per heavy atom. The van der Waals surface area contributed by atoms with Crippen LogP contribution in [-0.2, 0) is 4.79 Å². The van der Waals surface area contributed by atoms with Crippen molar-refractivity contribution in [2.75, 3.05) is 18.1 Å². The van der Waals surface area contributed by atoms with Gasteiger partial charge in [-0.1, -0.05) is 12.1 Å². The van der Waals surface area contributed by atoms with E-state index in [1.54, 1.807) is 18.2 Å². The smallest absolute Gasteiger partial charge is 0.245 e. The minimum Gasteiger partial charge on any atom is -0.394 e. The molecule has 2 N–H and O–H groups in total. The summed E-state index contributed by atoms with van der Waals surface area (Å²) in [6, 6.07) is 8.64. The van der Waals surface area contributed by atoms with Crippen LogP contribution in [-0.4, -0.2) is 36.2 Å². The fraction of sp³-hybridized carbons (Fsp3) is 0.385. The Bertz CT molecular complexity index is 495. The zero-order chi connectivity index (χ0) is 13.1. The zero-order valence-electron chi connectivity index (χ0n) is 10.1. The van der Waals surface area contributed by atoms with Crippen molar-refractivity contribution in [1.82, 2.24) is 5.32 Å². The van der Waals surface area contributed by atoms with Crippen molar-refractivity contribution in [3.63, 3.8) is 0 Å². The lowest BCUT2D eigenvalue weighted by Crippen LogP contribution is -2.61. The molecule has 1 aliphatic rings. The topological polar surface area (TPSA) is 76.4 Å². The summed E-state index contributed by atoms with van der Waals surface area (Å²) in [7, 11) is 0. The van der Waals surface area contributed by atoms with Crippen LogP contribution < -0.4 is 10.2 Å². The molecule has 0 saturated carbocycles. The number of nitrogens with one attached hydrogen (secondary N) is 1. The molecule has 1 aliphatic heterocycles. The molecule has 1 aromatic carbocycles. The van der Waals surface area contributed by atoms with Gasteiger partial charge in [0.15, 0.2) is 0 Å². The quantitative estimate of drug-likeness (QED) is 0.782. The van der Waals surface area contributed by atoms with Crippen molar-refractivity contribution in [2.45, 2.75) is 19.0 Å². The average Bonchev–Trinajstić information content (AvgIpc) is 2.41. The van der Waals surface area contributed by atoms with Crippen LogP contribution in [0, 0.1) is 11.3 Å². The van der Waals surface area contributed by atoms with Crippen LogP contribution in [0.5, 0.6) is 0 Å². The molecule has 2 rings (SSSR count). The number of amides is 1. The summed E-state index contributed by atoms with van der Waals surface area (Å²) in [5.74, 6) is -0.205. The highest BCUT2D eigenvalue weighted by Gasteiger charge is 2.34. The van der Waals surface area contributed by atoms with Crippen molar-refractivity contribution in [2.24, 2.45) is 0 Å². The Morgan fingerprint density at radius 1 is 1.56 bits per heavy atom. The number of carbonyl (C=O) groups excluding carboxylic acids is 1. The average molecular weight is 245 g/mol. The minimum absolute atomic E-state index is 0.0364. The first-order valence-electron chi connectivity index (χ1n) is 5.85. The van der Waals surface area contributed by atoms with Crippen molar-refractivity contribution in [3.05, 3.63) is 29.8 Å². The summed E-state index contributed by atoms with van der Waals surface area (Å²) in [4.78, 5) is 13.6. The number of piperazine rings is 1. The molecule has 0 aliphatic carbocycles. The molecule has 0 spiro atoms. The molecule has 0 radical (unpaired) electrons. The van der Waals surface area contributed by atoms with E-state index >= 15 is 0 Å². The number of carbonyl (C=O) groups is 1. The molecule has 1 aromatic rings. The minimum atomic E-state index is -0.636. The van der Waals surface area contributed by atoms with Gasteiger partial charge in [-0.05, 0) is 19.1 Å². The van der Waals surface area contributed by atoms with Crippen LogP contribution in [0.3, 0.4) is 0 Å². The van der Waals surface area contributed by atoms with Crippen LogP contribution >= 0.6 is 0 Å². The van der Waals surface area contributed by atoms with E-state index in [1.165, 1.54) is 0 Å². The van der Waals surface area contributed by atoms with Gasteiger partial charge in [0.2, 0.25) is 5.91 Å². The van der Waals surface area contributed by atoms with E-state index in [4.69, 9.17) is 5.26 Å². The number of benzene rings is 1. The Kier molecular flexibility index (Phi) is 3.49. The summed E-state index contributed by atoms with van der Waals surface area (Å²) in [6.07, 6.45) is 0. The highest BCUT2D eigenvalue weighted by molar-refractivity contribution is 5.87. The maximum Gasteiger partial charge on any atom is 0.245 e. The van der Waals surface area contributed by atoms with Crippen LogP contribution in [0.4, 0.5) is 5.69 Å². The van der Waals surface area contributed by atoms with Crippen LogP contribution in [0.2, 0.25) is 0 Å². The zero-order valence-corrected chi connectivity index (χ0v) is 10.1. The van der Waals surface area contributed by atoms with E-state index < -0.39 is 6.04 Å². The standard InChI is InChI=1S/C13H15N3O2/c1-9-7-15-13(18)12(8-17)16(9)11-5-3-2-4-10(11)6-14/h2-5,9,12,17H,7-8H2,1H3,(H,15,18). The molecule has 2 unspecified atom stereocenters. The first-order chi connectivity index (χ1) is 8.69. The molecule has 1 fully saturated rings. The van der Waals surface area contributed by atoms with E-state index in [0.717, 1.165) is 0 Å². The van der Waals surface area contributed by atoms with Gasteiger partial charge in [0.1, 0.15) is 12.1 Å². The third-order valence-electron chi connectivity index (χ3n) is 3.16. The Morgan fingerprint density at radius 2 is 2.28 bits per heavy atom. The number of hydrogen-bond donors (Lipinski definition) is 2. The third-order valence-corrected chi connectivity index (χ3v) is 3.16. The van der Waals surface area contributed by atoms with Crippen molar-refractivity contribution in [3.8, 4) is 6.07 Å². The Labute approximate surface area is 106 Å². The second-order valence-corrected chi connectivity index (χ2v) is 4.33. The van der Waals surface area contributed by atoms with E-state index in [0.29, 0.717) is 17.8 Å². The van der Waals surface area contributed by atoms with E-state index in [9.17, 15) is 9.90 Å². The number of rotatable bonds is 2. The van der Waals surface area contributed by atoms with Gasteiger partial charge in [-0.3, -0.25) is 4.79 Å². The van der Waals surface area contributed by atoms with Crippen molar-refractivity contribution >= 4 is 11.6 Å². The molecule has 1 amide bonds. The molecule has 2 atom stereocenters. The first-order valence-corrected chi connectivity index (χ1v) is 5.85. The molecule has 0 aromatic heterocycles. The maximum absolute atomic E-state index is 11.8. The lowest BCUT2D eigenvalue weighted by molar-refractivity contribution is -0.124. The normalized spacial score (nSPS) is 23.4. The molecule has 5 nitrogen and oxygen atoms in total. The molecule has 18 heavy (non-hydrogen) atoms. The van der Waals surface area contributed by atoms with Gasteiger partial charge in [0, 0.05) is 12.6 Å². The number of para-hydroxylation sites is 1. The second kappa shape index (κ2) is 5.07. The first kappa shape index (κ1) is 12.4. The monoisotopic (exact) mass is 245 g/mol. The third kappa shape index (κ3) is 2.03. The van der Waals surface area contributed by atoms with Crippen molar-refractivity contribution in [1.29, 1.82) is 5.26 Å². The number of anilines is 1. The second-order valence-electron chi connectivity index (χ2n) is 4.33. The van der Waals surface area contributed by atoms with Gasteiger partial charge < -0.3 is 15.3 Å². The predicted octanol–water partition coefficient (Wildman–Crippen LogP) is 0.244. The van der Waals surface area contributed by atoms with Gasteiger partial charge in [0.05, 0.1) is 17.9 Å². The Hall–Kier alpha value is -2.06. The summed E-state index contributed by atoms with van der Waals surface area (Å²) < 4.78 is 0. The van der Waals surface area contributed by atoms with Gasteiger partial charge in [-0.2, -0.15) is 5.26 Å². The van der Waals surface area contributed by atoms with Crippen LogP contribution in [0.1, 0.15) is 12.5 Å². The van der Waals surface area contributed by atoms with E-state index in [2.05, 4.69) is 11.4 Å². The fourth-order valence-electron chi connectivity index (χ4n) is 2.27. The number of aliphatic hydroxyl groups is 1. The van der Waals surface area contributed by atoms with Gasteiger partial charge in [-0.15, -0.1) is 0 Å². The molecule has 1 saturated heterocycles. The highest BCUT2D eigenvalue weighted by atomic mass is 16.3. The molecule has 0 bridgehead atoms. The number of hydrogen-bond acceptors (Lipinski definition) is 4.